The minimum Gasteiger partial charge on any atom is -0.321 e. The fourth-order valence-electron chi connectivity index (χ4n) is 3.34. The Morgan fingerprint density at radius 1 is 1.20 bits per heavy atom. The maximum Gasteiger partial charge on any atom is 0.249 e. The average molecular weight is 209 g/mol. The first kappa shape index (κ1) is 11.0. The van der Waals surface area contributed by atoms with Crippen LogP contribution in [0.1, 0.15) is 59.8 Å². The molecule has 1 aliphatic heterocycles. The highest BCUT2D eigenvalue weighted by atomic mass is 16.2. The first-order valence-electron chi connectivity index (χ1n) is 6.23. The predicted octanol–water partition coefficient (Wildman–Crippen LogP) is 2.97. The maximum absolute atomic E-state index is 12.0. The van der Waals surface area contributed by atoms with Crippen molar-refractivity contribution in [3.05, 3.63) is 0 Å². The van der Waals surface area contributed by atoms with Crippen LogP contribution in [0.15, 0.2) is 0 Å². The first-order chi connectivity index (χ1) is 6.88. The number of hydrogen-bond acceptors (Lipinski definition) is 1. The Balaban J connectivity index is 2.12. The summed E-state index contributed by atoms with van der Waals surface area (Å²) in [6.45, 7) is 8.56. The predicted molar refractivity (Wildman–Crippen MR) is 61.6 cm³/mol. The van der Waals surface area contributed by atoms with Gasteiger partial charge in [-0.2, -0.15) is 0 Å². The molecule has 0 spiro atoms. The molecule has 2 heteroatoms. The number of nitrogens with zero attached hydrogens (tertiary/aromatic N) is 1. The first-order valence-corrected chi connectivity index (χ1v) is 6.23. The van der Waals surface area contributed by atoms with Gasteiger partial charge in [-0.25, -0.2) is 0 Å². The van der Waals surface area contributed by atoms with Gasteiger partial charge in [0.25, 0.3) is 0 Å². The van der Waals surface area contributed by atoms with Gasteiger partial charge in [0.1, 0.15) is 5.54 Å². The highest BCUT2D eigenvalue weighted by molar-refractivity contribution is 6.02. The number of hydrogen-bond donors (Lipinski definition) is 0. The van der Waals surface area contributed by atoms with Gasteiger partial charge in [0.2, 0.25) is 5.91 Å². The van der Waals surface area contributed by atoms with Crippen LogP contribution in [0.25, 0.3) is 0 Å². The van der Waals surface area contributed by atoms with E-state index in [0.717, 1.165) is 0 Å². The zero-order valence-electron chi connectivity index (χ0n) is 10.5. The summed E-state index contributed by atoms with van der Waals surface area (Å²) in [6.07, 6.45) is 6.47. The van der Waals surface area contributed by atoms with Gasteiger partial charge in [-0.3, -0.25) is 4.79 Å². The maximum atomic E-state index is 12.0. The van der Waals surface area contributed by atoms with Crippen LogP contribution in [0.2, 0.25) is 0 Å². The molecule has 0 bridgehead atoms. The van der Waals surface area contributed by atoms with E-state index in [0.29, 0.717) is 11.8 Å². The quantitative estimate of drug-likeness (QED) is 0.608. The van der Waals surface area contributed by atoms with Gasteiger partial charge in [0, 0.05) is 5.54 Å². The van der Waals surface area contributed by atoms with Crippen LogP contribution in [-0.4, -0.2) is 21.9 Å². The van der Waals surface area contributed by atoms with Crippen molar-refractivity contribution in [3.63, 3.8) is 0 Å². The van der Waals surface area contributed by atoms with E-state index in [9.17, 15) is 4.79 Å². The van der Waals surface area contributed by atoms with E-state index >= 15 is 0 Å². The third-order valence-corrected chi connectivity index (χ3v) is 4.12. The summed E-state index contributed by atoms with van der Waals surface area (Å²) in [5.41, 5.74) is -0.123. The Morgan fingerprint density at radius 2 is 1.73 bits per heavy atom. The van der Waals surface area contributed by atoms with Crippen molar-refractivity contribution in [2.75, 3.05) is 0 Å². The monoisotopic (exact) mass is 209 g/mol. The number of carbonyl (C=O) groups is 1. The molecule has 1 aliphatic carbocycles. The molecular formula is C13H23NO. The Morgan fingerprint density at radius 3 is 2.13 bits per heavy atom. The summed E-state index contributed by atoms with van der Waals surface area (Å²) in [7, 11) is 0. The molecule has 2 fully saturated rings. The van der Waals surface area contributed by atoms with Gasteiger partial charge in [0.05, 0.1) is 0 Å². The summed E-state index contributed by atoms with van der Waals surface area (Å²) in [5, 5.41) is 0. The molecule has 86 valence electrons. The normalized spacial score (nSPS) is 33.3. The second-order valence-electron chi connectivity index (χ2n) is 6.29. The molecule has 0 N–H and O–H groups in total. The third-order valence-electron chi connectivity index (χ3n) is 4.12. The summed E-state index contributed by atoms with van der Waals surface area (Å²) in [6, 6.07) is 0. The second-order valence-corrected chi connectivity index (χ2v) is 6.29. The smallest absolute Gasteiger partial charge is 0.249 e. The van der Waals surface area contributed by atoms with Crippen molar-refractivity contribution >= 4 is 5.91 Å². The molecule has 1 amide bonds. The molecule has 15 heavy (non-hydrogen) atoms. The average Bonchev–Trinajstić information content (AvgIpc) is 2.72. The second kappa shape index (κ2) is 3.23. The Labute approximate surface area is 93.0 Å². The molecule has 2 rings (SSSR count). The molecule has 1 saturated heterocycles. The van der Waals surface area contributed by atoms with Gasteiger partial charge in [-0.15, -0.1) is 0 Å². The summed E-state index contributed by atoms with van der Waals surface area (Å²) >= 11 is 0. The van der Waals surface area contributed by atoms with Crippen LogP contribution in [-0.2, 0) is 4.79 Å². The molecule has 1 atom stereocenters. The zero-order chi connectivity index (χ0) is 11.3. The van der Waals surface area contributed by atoms with Crippen LogP contribution >= 0.6 is 0 Å². The minimum atomic E-state index is -0.126. The largest absolute Gasteiger partial charge is 0.321 e. The summed E-state index contributed by atoms with van der Waals surface area (Å²) < 4.78 is 0. The Hall–Kier alpha value is -0.530. The van der Waals surface area contributed by atoms with Gasteiger partial charge in [0.15, 0.2) is 0 Å². The van der Waals surface area contributed by atoms with Crippen molar-refractivity contribution in [2.45, 2.75) is 70.9 Å². The highest BCUT2D eigenvalue weighted by Crippen LogP contribution is 2.50. The van der Waals surface area contributed by atoms with E-state index in [1.807, 2.05) is 0 Å². The highest BCUT2D eigenvalue weighted by Gasteiger charge is 2.66. The third kappa shape index (κ3) is 1.58. The lowest BCUT2D eigenvalue weighted by atomic mass is 9.80. The standard InChI is InChI=1S/C13H23NO/c1-12(2,3)14-11(15)13(14,4)10-8-6-5-7-9-10/h10H,5-9H2,1-4H3. The molecule has 0 aromatic carbocycles. The zero-order valence-corrected chi connectivity index (χ0v) is 10.5. The van der Waals surface area contributed by atoms with Crippen molar-refractivity contribution < 1.29 is 4.79 Å². The van der Waals surface area contributed by atoms with Gasteiger partial charge < -0.3 is 4.90 Å². The van der Waals surface area contributed by atoms with Crippen LogP contribution in [0.4, 0.5) is 0 Å². The number of carbonyl (C=O) groups excluding carboxylic acids is 1. The van der Waals surface area contributed by atoms with E-state index < -0.39 is 0 Å². The molecule has 0 aromatic rings. The molecular weight excluding hydrogens is 186 g/mol. The van der Waals surface area contributed by atoms with E-state index in [1.165, 1.54) is 32.1 Å². The summed E-state index contributed by atoms with van der Waals surface area (Å²) in [5.74, 6) is 0.986. The lowest BCUT2D eigenvalue weighted by Crippen LogP contribution is -2.36. The Kier molecular flexibility index (Phi) is 2.36. The van der Waals surface area contributed by atoms with Crippen LogP contribution in [0.3, 0.4) is 0 Å². The minimum absolute atomic E-state index is 0.00325. The molecule has 2 nitrogen and oxygen atoms in total. The molecule has 1 unspecified atom stereocenters. The van der Waals surface area contributed by atoms with Crippen molar-refractivity contribution in [2.24, 2.45) is 5.92 Å². The fraction of sp³-hybridized carbons (Fsp3) is 0.923. The molecule has 1 saturated carbocycles. The van der Waals surface area contributed by atoms with Crippen LogP contribution in [0, 0.1) is 5.92 Å². The SMILES string of the molecule is CC(C)(C)N1C(=O)C1(C)C1CCCCC1. The van der Waals surface area contributed by atoms with E-state index in [-0.39, 0.29) is 11.1 Å². The lowest BCUT2D eigenvalue weighted by Gasteiger charge is -2.31. The summed E-state index contributed by atoms with van der Waals surface area (Å²) in [4.78, 5) is 14.1. The van der Waals surface area contributed by atoms with E-state index in [4.69, 9.17) is 0 Å². The van der Waals surface area contributed by atoms with Gasteiger partial charge >= 0.3 is 0 Å². The number of amides is 1. The molecule has 0 radical (unpaired) electrons. The topological polar surface area (TPSA) is 20.1 Å². The molecule has 1 heterocycles. The van der Waals surface area contributed by atoms with E-state index in [2.05, 4.69) is 32.6 Å². The number of rotatable bonds is 1. The van der Waals surface area contributed by atoms with Crippen molar-refractivity contribution in [3.8, 4) is 0 Å². The van der Waals surface area contributed by atoms with Gasteiger partial charge in [-0.1, -0.05) is 19.3 Å². The van der Waals surface area contributed by atoms with Crippen LogP contribution in [0.5, 0.6) is 0 Å². The fourth-order valence-corrected chi connectivity index (χ4v) is 3.34. The van der Waals surface area contributed by atoms with Crippen molar-refractivity contribution in [1.82, 2.24) is 4.90 Å². The molecule has 2 aliphatic rings. The van der Waals surface area contributed by atoms with E-state index in [1.54, 1.807) is 0 Å². The Bertz CT molecular complexity index is 273. The van der Waals surface area contributed by atoms with Crippen molar-refractivity contribution in [1.29, 1.82) is 0 Å². The lowest BCUT2D eigenvalue weighted by molar-refractivity contribution is -0.115. The van der Waals surface area contributed by atoms with Crippen LogP contribution < -0.4 is 0 Å². The molecule has 0 aromatic heterocycles. The van der Waals surface area contributed by atoms with Gasteiger partial charge in [-0.05, 0) is 46.5 Å².